The molecule has 2 amide bonds. The lowest BCUT2D eigenvalue weighted by Gasteiger charge is -2.06. The Morgan fingerprint density at radius 2 is 1.70 bits per heavy atom. The van der Waals surface area contributed by atoms with Crippen LogP contribution in [0.3, 0.4) is 0 Å². The van der Waals surface area contributed by atoms with Crippen LogP contribution in [0.25, 0.3) is 0 Å². The number of rotatable bonds is 8. The van der Waals surface area contributed by atoms with Gasteiger partial charge in [0.15, 0.2) is 0 Å². The molecule has 112 valence electrons. The highest BCUT2D eigenvalue weighted by Crippen LogP contribution is 2.04. The largest absolute Gasteiger partial charge is 0.356 e. The van der Waals surface area contributed by atoms with Gasteiger partial charge in [-0.3, -0.25) is 9.59 Å². The van der Waals surface area contributed by atoms with Crippen LogP contribution in [0.2, 0.25) is 0 Å². The fourth-order valence-electron chi connectivity index (χ4n) is 1.57. The van der Waals surface area contributed by atoms with E-state index in [1.807, 2.05) is 37.4 Å². The molecule has 0 fully saturated rings. The Balaban J connectivity index is 0.00000361. The molecule has 0 heterocycles. The van der Waals surface area contributed by atoms with E-state index in [0.29, 0.717) is 13.0 Å². The molecular formula is C14H22ClN3O2. The Hall–Kier alpha value is -1.59. The summed E-state index contributed by atoms with van der Waals surface area (Å²) in [5.74, 6) is -0.107. The van der Waals surface area contributed by atoms with Crippen molar-refractivity contribution in [2.24, 2.45) is 0 Å². The molecular weight excluding hydrogens is 278 g/mol. The van der Waals surface area contributed by atoms with Crippen molar-refractivity contribution < 1.29 is 9.59 Å². The molecule has 0 radical (unpaired) electrons. The minimum absolute atomic E-state index is 0. The Kier molecular flexibility index (Phi) is 10.4. The van der Waals surface area contributed by atoms with Gasteiger partial charge >= 0.3 is 0 Å². The topological polar surface area (TPSA) is 70.2 Å². The van der Waals surface area contributed by atoms with E-state index >= 15 is 0 Å². The Labute approximate surface area is 125 Å². The van der Waals surface area contributed by atoms with Crippen molar-refractivity contribution in [3.05, 3.63) is 30.3 Å². The highest BCUT2D eigenvalue weighted by molar-refractivity contribution is 5.91. The Morgan fingerprint density at radius 3 is 2.35 bits per heavy atom. The first-order chi connectivity index (χ1) is 9.22. The zero-order valence-electron chi connectivity index (χ0n) is 11.6. The average Bonchev–Trinajstić information content (AvgIpc) is 2.40. The number of para-hydroxylation sites is 1. The molecule has 0 unspecified atom stereocenters. The van der Waals surface area contributed by atoms with Crippen LogP contribution >= 0.6 is 12.4 Å². The van der Waals surface area contributed by atoms with Gasteiger partial charge in [0.05, 0.1) is 0 Å². The van der Waals surface area contributed by atoms with E-state index in [1.54, 1.807) is 0 Å². The summed E-state index contributed by atoms with van der Waals surface area (Å²) in [7, 11) is 1.85. The lowest BCUT2D eigenvalue weighted by molar-refractivity contribution is -0.121. The summed E-state index contributed by atoms with van der Waals surface area (Å²) in [6, 6.07) is 9.27. The maximum Gasteiger partial charge on any atom is 0.226 e. The number of halogens is 1. The molecule has 1 aromatic rings. The van der Waals surface area contributed by atoms with Gasteiger partial charge in [0, 0.05) is 25.1 Å². The van der Waals surface area contributed by atoms with Gasteiger partial charge in [-0.25, -0.2) is 0 Å². The summed E-state index contributed by atoms with van der Waals surface area (Å²) in [5, 5.41) is 8.48. The Morgan fingerprint density at radius 1 is 1.00 bits per heavy atom. The van der Waals surface area contributed by atoms with Gasteiger partial charge < -0.3 is 16.0 Å². The fourth-order valence-corrected chi connectivity index (χ4v) is 1.57. The van der Waals surface area contributed by atoms with Crippen LogP contribution in [-0.2, 0) is 9.59 Å². The van der Waals surface area contributed by atoms with Crippen molar-refractivity contribution in [2.75, 3.05) is 25.5 Å². The highest BCUT2D eigenvalue weighted by Gasteiger charge is 2.04. The molecule has 0 aliphatic rings. The summed E-state index contributed by atoms with van der Waals surface area (Å²) in [4.78, 5) is 23.0. The third-order valence-corrected chi connectivity index (χ3v) is 2.56. The number of amides is 2. The molecule has 0 saturated heterocycles. The van der Waals surface area contributed by atoms with Crippen molar-refractivity contribution in [3.63, 3.8) is 0 Å². The zero-order chi connectivity index (χ0) is 13.9. The van der Waals surface area contributed by atoms with Crippen LogP contribution in [0.4, 0.5) is 5.69 Å². The van der Waals surface area contributed by atoms with Crippen molar-refractivity contribution >= 4 is 29.9 Å². The van der Waals surface area contributed by atoms with Gasteiger partial charge in [0.25, 0.3) is 0 Å². The van der Waals surface area contributed by atoms with E-state index in [4.69, 9.17) is 0 Å². The number of anilines is 1. The maximum absolute atomic E-state index is 11.6. The zero-order valence-corrected chi connectivity index (χ0v) is 12.5. The number of nitrogens with one attached hydrogen (secondary N) is 3. The summed E-state index contributed by atoms with van der Waals surface area (Å²) in [6.45, 7) is 1.19. The van der Waals surface area contributed by atoms with Crippen LogP contribution in [0.5, 0.6) is 0 Å². The van der Waals surface area contributed by atoms with Crippen molar-refractivity contribution in [1.82, 2.24) is 10.6 Å². The van der Waals surface area contributed by atoms with Crippen LogP contribution in [0.1, 0.15) is 19.3 Å². The molecule has 0 aliphatic carbocycles. The summed E-state index contributed by atoms with van der Waals surface area (Å²) < 4.78 is 0. The SMILES string of the molecule is CNCCCC(=O)NCCC(=O)Nc1ccccc1.Cl. The van der Waals surface area contributed by atoms with Gasteiger partial charge in [0.2, 0.25) is 11.8 Å². The normalized spacial score (nSPS) is 9.45. The quantitative estimate of drug-likeness (QED) is 0.638. The minimum Gasteiger partial charge on any atom is -0.356 e. The molecule has 0 saturated carbocycles. The van der Waals surface area contributed by atoms with E-state index in [0.717, 1.165) is 18.7 Å². The summed E-state index contributed by atoms with van der Waals surface area (Å²) in [5.41, 5.74) is 0.771. The van der Waals surface area contributed by atoms with Crippen molar-refractivity contribution in [1.29, 1.82) is 0 Å². The maximum atomic E-state index is 11.6. The van der Waals surface area contributed by atoms with E-state index in [9.17, 15) is 9.59 Å². The number of carbonyl (C=O) groups excluding carboxylic acids is 2. The number of benzene rings is 1. The molecule has 5 nitrogen and oxygen atoms in total. The Bertz CT molecular complexity index is 399. The fraction of sp³-hybridized carbons (Fsp3) is 0.429. The first-order valence-electron chi connectivity index (χ1n) is 6.48. The molecule has 3 N–H and O–H groups in total. The molecule has 20 heavy (non-hydrogen) atoms. The molecule has 6 heteroatoms. The van der Waals surface area contributed by atoms with Gasteiger partial charge in [-0.1, -0.05) is 18.2 Å². The van der Waals surface area contributed by atoms with Gasteiger partial charge in [0.1, 0.15) is 0 Å². The second-order valence-electron chi connectivity index (χ2n) is 4.22. The second kappa shape index (κ2) is 11.3. The molecule has 0 spiro atoms. The molecule has 0 atom stereocenters. The van der Waals surface area contributed by atoms with Gasteiger partial charge in [-0.15, -0.1) is 12.4 Å². The lowest BCUT2D eigenvalue weighted by Crippen LogP contribution is -2.28. The standard InChI is InChI=1S/C14H21N3O2.ClH/c1-15-10-5-8-13(18)16-11-9-14(19)17-12-6-3-2-4-7-12;/h2-4,6-7,15H,5,8-11H2,1H3,(H,16,18)(H,17,19);1H. The number of hydrogen-bond donors (Lipinski definition) is 3. The molecule has 0 aromatic heterocycles. The van der Waals surface area contributed by atoms with E-state index in [-0.39, 0.29) is 30.6 Å². The number of hydrogen-bond acceptors (Lipinski definition) is 3. The second-order valence-corrected chi connectivity index (χ2v) is 4.22. The monoisotopic (exact) mass is 299 g/mol. The molecule has 1 aromatic carbocycles. The third kappa shape index (κ3) is 8.50. The van der Waals surface area contributed by atoms with Gasteiger partial charge in [-0.2, -0.15) is 0 Å². The van der Waals surface area contributed by atoms with Crippen molar-refractivity contribution in [3.8, 4) is 0 Å². The lowest BCUT2D eigenvalue weighted by atomic mass is 10.3. The van der Waals surface area contributed by atoms with E-state index < -0.39 is 0 Å². The predicted octanol–water partition coefficient (Wildman–Crippen LogP) is 1.55. The molecule has 0 bridgehead atoms. The summed E-state index contributed by atoms with van der Waals surface area (Å²) in [6.07, 6.45) is 1.58. The number of carbonyl (C=O) groups is 2. The van der Waals surface area contributed by atoms with E-state index in [2.05, 4.69) is 16.0 Å². The average molecular weight is 300 g/mol. The van der Waals surface area contributed by atoms with Crippen molar-refractivity contribution in [2.45, 2.75) is 19.3 Å². The molecule has 0 aliphatic heterocycles. The third-order valence-electron chi connectivity index (χ3n) is 2.56. The highest BCUT2D eigenvalue weighted by atomic mass is 35.5. The molecule has 1 rings (SSSR count). The van der Waals surface area contributed by atoms with Crippen LogP contribution in [0, 0.1) is 0 Å². The predicted molar refractivity (Wildman–Crippen MR) is 83.1 cm³/mol. The van der Waals surface area contributed by atoms with Crippen LogP contribution in [-0.4, -0.2) is 32.0 Å². The van der Waals surface area contributed by atoms with E-state index in [1.165, 1.54) is 0 Å². The van der Waals surface area contributed by atoms with Gasteiger partial charge in [-0.05, 0) is 32.1 Å². The minimum atomic E-state index is -0.0956. The summed E-state index contributed by atoms with van der Waals surface area (Å²) >= 11 is 0. The smallest absolute Gasteiger partial charge is 0.226 e. The first kappa shape index (κ1) is 18.4. The first-order valence-corrected chi connectivity index (χ1v) is 6.48. The van der Waals surface area contributed by atoms with Crippen LogP contribution < -0.4 is 16.0 Å². The van der Waals surface area contributed by atoms with Crippen LogP contribution in [0.15, 0.2) is 30.3 Å².